The Morgan fingerprint density at radius 2 is 2.04 bits per heavy atom. The van der Waals surface area contributed by atoms with Crippen LogP contribution in [-0.4, -0.2) is 35.0 Å². The lowest BCUT2D eigenvalue weighted by Crippen LogP contribution is -2.24. The van der Waals surface area contributed by atoms with E-state index < -0.39 is 0 Å². The summed E-state index contributed by atoms with van der Waals surface area (Å²) in [6.45, 7) is 3.60. The number of anilines is 3. The third-order valence-corrected chi connectivity index (χ3v) is 4.89. The molecule has 1 aliphatic carbocycles. The smallest absolute Gasteiger partial charge is 0.225 e. The van der Waals surface area contributed by atoms with Crippen molar-refractivity contribution in [2.45, 2.75) is 38.7 Å². The molecule has 1 aromatic carbocycles. The number of rotatable bonds is 5. The summed E-state index contributed by atoms with van der Waals surface area (Å²) in [6, 6.07) is 9.79. The average molecular weight is 352 g/mol. The van der Waals surface area contributed by atoms with Crippen molar-refractivity contribution in [1.82, 2.24) is 9.97 Å². The van der Waals surface area contributed by atoms with Crippen molar-refractivity contribution in [2.75, 3.05) is 23.8 Å². The lowest BCUT2D eigenvalue weighted by atomic mass is 9.87. The van der Waals surface area contributed by atoms with E-state index in [4.69, 9.17) is 4.74 Å². The van der Waals surface area contributed by atoms with Gasteiger partial charge in [-0.2, -0.15) is 4.98 Å². The van der Waals surface area contributed by atoms with Gasteiger partial charge in [-0.3, -0.25) is 4.79 Å². The predicted molar refractivity (Wildman–Crippen MR) is 101 cm³/mol. The summed E-state index contributed by atoms with van der Waals surface area (Å²) in [5, 5.41) is 6.60. The van der Waals surface area contributed by atoms with Gasteiger partial charge >= 0.3 is 0 Å². The standard InChI is InChI=1S/C20H24N4O2/c1-13-10-16-18(17(25)11-13)19(22-14-6-3-2-4-7-14)24-20(23-16)21-12-15-8-5-9-26-15/h2-4,6-7,13,15H,5,8-12H2,1H3,(H2,21,22,23,24). The number of nitrogens with one attached hydrogen (secondary N) is 2. The Kier molecular flexibility index (Phi) is 4.84. The number of Topliss-reactive ketones (excluding diaryl/α,β-unsaturated/α-hetero) is 1. The number of carbonyl (C=O) groups excluding carboxylic acids is 1. The second-order valence-corrected chi connectivity index (χ2v) is 7.16. The molecule has 2 atom stereocenters. The molecule has 1 aliphatic heterocycles. The zero-order valence-corrected chi connectivity index (χ0v) is 15.0. The molecule has 0 saturated carbocycles. The summed E-state index contributed by atoms with van der Waals surface area (Å²) in [4.78, 5) is 21.9. The van der Waals surface area contributed by atoms with E-state index in [2.05, 4.69) is 27.5 Å². The molecule has 0 amide bonds. The molecule has 2 N–H and O–H groups in total. The maximum atomic E-state index is 12.6. The Balaban J connectivity index is 1.64. The fourth-order valence-electron chi connectivity index (χ4n) is 3.61. The van der Waals surface area contributed by atoms with Crippen molar-refractivity contribution < 1.29 is 9.53 Å². The van der Waals surface area contributed by atoms with Crippen LogP contribution < -0.4 is 10.6 Å². The number of ether oxygens (including phenoxy) is 1. The average Bonchev–Trinajstić information content (AvgIpc) is 3.13. The van der Waals surface area contributed by atoms with Gasteiger partial charge in [0.2, 0.25) is 5.95 Å². The Hall–Kier alpha value is -2.47. The van der Waals surface area contributed by atoms with Crippen molar-refractivity contribution in [1.29, 1.82) is 0 Å². The molecular formula is C20H24N4O2. The molecule has 26 heavy (non-hydrogen) atoms. The van der Waals surface area contributed by atoms with Crippen molar-refractivity contribution in [2.24, 2.45) is 5.92 Å². The second-order valence-electron chi connectivity index (χ2n) is 7.16. The van der Waals surface area contributed by atoms with Crippen LogP contribution >= 0.6 is 0 Å². The van der Waals surface area contributed by atoms with Crippen molar-refractivity contribution in [3.05, 3.63) is 41.6 Å². The molecule has 2 unspecified atom stereocenters. The van der Waals surface area contributed by atoms with E-state index >= 15 is 0 Å². The predicted octanol–water partition coefficient (Wildman–Crippen LogP) is 3.58. The van der Waals surface area contributed by atoms with Crippen LogP contribution in [-0.2, 0) is 11.2 Å². The van der Waals surface area contributed by atoms with E-state index in [1.54, 1.807) is 0 Å². The van der Waals surface area contributed by atoms with Gasteiger partial charge in [-0.25, -0.2) is 4.98 Å². The molecule has 136 valence electrons. The summed E-state index contributed by atoms with van der Waals surface area (Å²) in [5.41, 5.74) is 2.37. The molecule has 2 aromatic rings. The minimum Gasteiger partial charge on any atom is -0.376 e. The highest BCUT2D eigenvalue weighted by atomic mass is 16.5. The van der Waals surface area contributed by atoms with E-state index in [9.17, 15) is 4.79 Å². The van der Waals surface area contributed by atoms with Crippen LogP contribution in [0.1, 0.15) is 42.2 Å². The Morgan fingerprint density at radius 1 is 1.19 bits per heavy atom. The van der Waals surface area contributed by atoms with E-state index in [-0.39, 0.29) is 11.9 Å². The largest absolute Gasteiger partial charge is 0.376 e. The van der Waals surface area contributed by atoms with Crippen LogP contribution in [0.2, 0.25) is 0 Å². The Morgan fingerprint density at radius 3 is 2.81 bits per heavy atom. The topological polar surface area (TPSA) is 76.1 Å². The Labute approximate surface area is 153 Å². The van der Waals surface area contributed by atoms with Gasteiger partial charge in [0, 0.05) is 25.3 Å². The number of nitrogens with zero attached hydrogens (tertiary/aromatic N) is 2. The third kappa shape index (κ3) is 3.70. The van der Waals surface area contributed by atoms with Gasteiger partial charge in [-0.05, 0) is 37.3 Å². The van der Waals surface area contributed by atoms with Crippen LogP contribution in [0, 0.1) is 5.92 Å². The quantitative estimate of drug-likeness (QED) is 0.857. The second kappa shape index (κ2) is 7.41. The minimum atomic E-state index is 0.114. The van der Waals surface area contributed by atoms with Gasteiger partial charge in [-0.1, -0.05) is 25.1 Å². The number of aromatic nitrogens is 2. The summed E-state index contributed by atoms with van der Waals surface area (Å²) >= 11 is 0. The van der Waals surface area contributed by atoms with Crippen molar-refractivity contribution in [3.8, 4) is 0 Å². The summed E-state index contributed by atoms with van der Waals surface area (Å²) < 4.78 is 5.66. The molecule has 0 spiro atoms. The van der Waals surface area contributed by atoms with Crippen molar-refractivity contribution >= 4 is 23.2 Å². The highest BCUT2D eigenvalue weighted by Gasteiger charge is 2.28. The SMILES string of the molecule is CC1CC(=O)c2c(nc(NCC3CCCO3)nc2Nc2ccccc2)C1. The first kappa shape index (κ1) is 17.0. The molecule has 1 fully saturated rings. The number of ketones is 1. The van der Waals surface area contributed by atoms with Crippen LogP contribution in [0.3, 0.4) is 0 Å². The first-order chi connectivity index (χ1) is 12.7. The van der Waals surface area contributed by atoms with Gasteiger partial charge in [0.15, 0.2) is 5.78 Å². The van der Waals surface area contributed by atoms with Gasteiger partial charge in [0.25, 0.3) is 0 Å². The summed E-state index contributed by atoms with van der Waals surface area (Å²) in [6.07, 6.45) is 3.71. The number of hydrogen-bond acceptors (Lipinski definition) is 6. The Bertz CT molecular complexity index is 788. The molecule has 4 rings (SSSR count). The molecule has 1 aromatic heterocycles. The van der Waals surface area contributed by atoms with Crippen LogP contribution in [0.4, 0.5) is 17.5 Å². The van der Waals surface area contributed by atoms with Gasteiger partial charge in [0.1, 0.15) is 5.82 Å². The normalized spacial score (nSPS) is 22.1. The molecule has 0 bridgehead atoms. The third-order valence-electron chi connectivity index (χ3n) is 4.89. The van der Waals surface area contributed by atoms with E-state index in [1.165, 1.54) is 0 Å². The number of hydrogen-bond donors (Lipinski definition) is 2. The number of carbonyl (C=O) groups is 1. The van der Waals surface area contributed by atoms with Crippen LogP contribution in [0.5, 0.6) is 0 Å². The molecule has 2 heterocycles. The van der Waals surface area contributed by atoms with E-state index in [0.717, 1.165) is 37.3 Å². The maximum Gasteiger partial charge on any atom is 0.225 e. The van der Waals surface area contributed by atoms with E-state index in [0.29, 0.717) is 36.2 Å². The molecule has 2 aliphatic rings. The lowest BCUT2D eigenvalue weighted by Gasteiger charge is -2.23. The summed E-state index contributed by atoms with van der Waals surface area (Å²) in [5.74, 6) is 1.57. The molecule has 1 saturated heterocycles. The van der Waals surface area contributed by atoms with Gasteiger partial charge < -0.3 is 15.4 Å². The molecule has 6 heteroatoms. The minimum absolute atomic E-state index is 0.114. The highest BCUT2D eigenvalue weighted by molar-refractivity contribution is 6.03. The lowest BCUT2D eigenvalue weighted by molar-refractivity contribution is 0.0952. The fraction of sp³-hybridized carbons (Fsp3) is 0.450. The molecular weight excluding hydrogens is 328 g/mol. The highest BCUT2D eigenvalue weighted by Crippen LogP contribution is 2.31. The molecule has 6 nitrogen and oxygen atoms in total. The van der Waals surface area contributed by atoms with Crippen LogP contribution in [0.25, 0.3) is 0 Å². The first-order valence-electron chi connectivity index (χ1n) is 9.30. The van der Waals surface area contributed by atoms with Gasteiger partial charge in [0.05, 0.1) is 17.4 Å². The molecule has 0 radical (unpaired) electrons. The zero-order chi connectivity index (χ0) is 17.9. The number of fused-ring (bicyclic) bond motifs is 1. The monoisotopic (exact) mass is 352 g/mol. The first-order valence-corrected chi connectivity index (χ1v) is 9.30. The van der Waals surface area contributed by atoms with E-state index in [1.807, 2.05) is 30.3 Å². The fourth-order valence-corrected chi connectivity index (χ4v) is 3.61. The van der Waals surface area contributed by atoms with Gasteiger partial charge in [-0.15, -0.1) is 0 Å². The van der Waals surface area contributed by atoms with Crippen LogP contribution in [0.15, 0.2) is 30.3 Å². The zero-order valence-electron chi connectivity index (χ0n) is 15.0. The number of benzene rings is 1. The van der Waals surface area contributed by atoms with Crippen molar-refractivity contribution in [3.63, 3.8) is 0 Å². The summed E-state index contributed by atoms with van der Waals surface area (Å²) in [7, 11) is 0. The number of para-hydroxylation sites is 1. The maximum absolute atomic E-state index is 12.6.